The molecule has 0 bridgehead atoms. The highest BCUT2D eigenvalue weighted by Crippen LogP contribution is 2.12. The number of amides is 2. The maximum atomic E-state index is 11.8. The summed E-state index contributed by atoms with van der Waals surface area (Å²) >= 11 is 0. The minimum atomic E-state index is -0.749. The van der Waals surface area contributed by atoms with Crippen LogP contribution in [0.5, 0.6) is 0 Å². The average Bonchev–Trinajstić information content (AvgIpc) is 2.30. The molecule has 2 atom stereocenters. The lowest BCUT2D eigenvalue weighted by Gasteiger charge is -2.17. The van der Waals surface area contributed by atoms with Crippen molar-refractivity contribution in [3.8, 4) is 0 Å². The highest BCUT2D eigenvalue weighted by atomic mass is 16.2. The highest BCUT2D eigenvalue weighted by Gasteiger charge is 2.23. The van der Waals surface area contributed by atoms with Gasteiger partial charge in [-0.05, 0) is 18.9 Å². The summed E-state index contributed by atoms with van der Waals surface area (Å²) in [5.41, 5.74) is 6.16. The van der Waals surface area contributed by atoms with Crippen molar-refractivity contribution in [2.75, 3.05) is 0 Å². The van der Waals surface area contributed by atoms with E-state index in [1.54, 1.807) is 6.92 Å². The summed E-state index contributed by atoms with van der Waals surface area (Å²) in [5.74, 6) is -1.64. The largest absolute Gasteiger partial charge is 0.369 e. The molecule has 0 fully saturated rings. The van der Waals surface area contributed by atoms with Crippen LogP contribution in [0.4, 0.5) is 0 Å². The predicted molar refractivity (Wildman–Crippen MR) is 66.0 cm³/mol. The fraction of sp³-hybridized carbons (Fsp3) is 0.385. The molecule has 0 spiro atoms. The summed E-state index contributed by atoms with van der Waals surface area (Å²) in [5, 5.41) is 2.79. The van der Waals surface area contributed by atoms with Gasteiger partial charge in [0, 0.05) is 0 Å². The molecule has 1 rings (SSSR count). The molecule has 0 heterocycles. The van der Waals surface area contributed by atoms with Crippen LogP contribution < -0.4 is 11.1 Å². The summed E-state index contributed by atoms with van der Waals surface area (Å²) in [7, 11) is 0. The Kier molecular flexibility index (Phi) is 4.69. The van der Waals surface area contributed by atoms with Crippen LogP contribution in [0.2, 0.25) is 0 Å². The van der Waals surface area contributed by atoms with Crippen molar-refractivity contribution in [3.63, 3.8) is 0 Å². The Morgan fingerprint density at radius 2 is 1.88 bits per heavy atom. The van der Waals surface area contributed by atoms with Gasteiger partial charge in [0.15, 0.2) is 0 Å². The Labute approximate surface area is 101 Å². The lowest BCUT2D eigenvalue weighted by Crippen LogP contribution is -2.39. The standard InChI is InChI=1S/C13H18N2O2/c1-3-11(12(14)16)13(17)15-9(2)10-7-5-4-6-8-10/h4-9,11H,3H2,1-2H3,(H2,14,16)(H,15,17)/t9-,11+/m0/s1. The van der Waals surface area contributed by atoms with E-state index in [-0.39, 0.29) is 11.9 Å². The Morgan fingerprint density at radius 1 is 1.29 bits per heavy atom. The lowest BCUT2D eigenvalue weighted by atomic mass is 10.0. The van der Waals surface area contributed by atoms with E-state index in [2.05, 4.69) is 5.32 Å². The Bertz CT molecular complexity index is 390. The van der Waals surface area contributed by atoms with E-state index >= 15 is 0 Å². The van der Waals surface area contributed by atoms with Gasteiger partial charge in [-0.3, -0.25) is 9.59 Å². The fourth-order valence-electron chi connectivity index (χ4n) is 1.65. The first kappa shape index (κ1) is 13.2. The lowest BCUT2D eigenvalue weighted by molar-refractivity contribution is -0.134. The first-order chi connectivity index (χ1) is 8.06. The zero-order valence-electron chi connectivity index (χ0n) is 10.1. The summed E-state index contributed by atoms with van der Waals surface area (Å²) in [6.45, 7) is 3.64. The first-order valence-corrected chi connectivity index (χ1v) is 5.71. The summed E-state index contributed by atoms with van der Waals surface area (Å²) < 4.78 is 0. The molecule has 0 saturated heterocycles. The third kappa shape index (κ3) is 3.59. The fourth-order valence-corrected chi connectivity index (χ4v) is 1.65. The second-order valence-electron chi connectivity index (χ2n) is 4.00. The van der Waals surface area contributed by atoms with E-state index < -0.39 is 11.8 Å². The minimum absolute atomic E-state index is 0.128. The van der Waals surface area contributed by atoms with Gasteiger partial charge in [0.25, 0.3) is 0 Å². The third-order valence-electron chi connectivity index (χ3n) is 2.73. The second kappa shape index (κ2) is 6.03. The van der Waals surface area contributed by atoms with E-state index in [0.29, 0.717) is 6.42 Å². The van der Waals surface area contributed by atoms with Crippen molar-refractivity contribution in [2.24, 2.45) is 11.7 Å². The van der Waals surface area contributed by atoms with E-state index in [9.17, 15) is 9.59 Å². The highest BCUT2D eigenvalue weighted by molar-refractivity contribution is 5.99. The van der Waals surface area contributed by atoms with E-state index in [1.807, 2.05) is 37.3 Å². The van der Waals surface area contributed by atoms with Crippen molar-refractivity contribution >= 4 is 11.8 Å². The minimum Gasteiger partial charge on any atom is -0.369 e. The van der Waals surface area contributed by atoms with E-state index in [4.69, 9.17) is 5.73 Å². The van der Waals surface area contributed by atoms with Gasteiger partial charge in [-0.2, -0.15) is 0 Å². The zero-order chi connectivity index (χ0) is 12.8. The van der Waals surface area contributed by atoms with Crippen LogP contribution in [-0.2, 0) is 9.59 Å². The quantitative estimate of drug-likeness (QED) is 0.755. The van der Waals surface area contributed by atoms with Crippen molar-refractivity contribution < 1.29 is 9.59 Å². The maximum absolute atomic E-state index is 11.8. The molecule has 4 nitrogen and oxygen atoms in total. The van der Waals surface area contributed by atoms with Gasteiger partial charge in [-0.1, -0.05) is 37.3 Å². The zero-order valence-corrected chi connectivity index (χ0v) is 10.1. The van der Waals surface area contributed by atoms with Crippen molar-refractivity contribution in [3.05, 3.63) is 35.9 Å². The van der Waals surface area contributed by atoms with E-state index in [1.165, 1.54) is 0 Å². The van der Waals surface area contributed by atoms with Crippen molar-refractivity contribution in [1.82, 2.24) is 5.32 Å². The summed E-state index contributed by atoms with van der Waals surface area (Å²) in [6.07, 6.45) is 0.419. The number of carbonyl (C=O) groups is 2. The molecule has 1 aromatic rings. The molecule has 17 heavy (non-hydrogen) atoms. The molecule has 0 aliphatic carbocycles. The van der Waals surface area contributed by atoms with Crippen LogP contribution in [0, 0.1) is 5.92 Å². The number of carbonyl (C=O) groups excluding carboxylic acids is 2. The number of nitrogens with one attached hydrogen (secondary N) is 1. The van der Waals surface area contributed by atoms with Gasteiger partial charge in [0.2, 0.25) is 11.8 Å². The number of nitrogens with two attached hydrogens (primary N) is 1. The Balaban J connectivity index is 2.66. The van der Waals surface area contributed by atoms with Gasteiger partial charge in [0.05, 0.1) is 6.04 Å². The molecule has 0 saturated carbocycles. The van der Waals surface area contributed by atoms with Gasteiger partial charge in [0.1, 0.15) is 5.92 Å². The van der Waals surface area contributed by atoms with Gasteiger partial charge in [-0.15, -0.1) is 0 Å². The molecule has 0 unspecified atom stereocenters. The van der Waals surface area contributed by atoms with Gasteiger partial charge >= 0.3 is 0 Å². The molecule has 0 aromatic heterocycles. The number of primary amides is 1. The molecular formula is C13H18N2O2. The van der Waals surface area contributed by atoms with Gasteiger partial charge in [-0.25, -0.2) is 0 Å². The van der Waals surface area contributed by atoms with Crippen LogP contribution in [0.25, 0.3) is 0 Å². The van der Waals surface area contributed by atoms with Crippen LogP contribution in [0.15, 0.2) is 30.3 Å². The number of hydrogen-bond donors (Lipinski definition) is 2. The van der Waals surface area contributed by atoms with E-state index in [0.717, 1.165) is 5.56 Å². The Morgan fingerprint density at radius 3 is 2.35 bits per heavy atom. The molecule has 3 N–H and O–H groups in total. The van der Waals surface area contributed by atoms with Crippen molar-refractivity contribution in [2.45, 2.75) is 26.3 Å². The first-order valence-electron chi connectivity index (χ1n) is 5.71. The molecule has 2 amide bonds. The topological polar surface area (TPSA) is 72.2 Å². The molecule has 1 aromatic carbocycles. The number of benzene rings is 1. The summed E-state index contributed by atoms with van der Waals surface area (Å²) in [4.78, 5) is 22.8. The van der Waals surface area contributed by atoms with Gasteiger partial charge < -0.3 is 11.1 Å². The second-order valence-corrected chi connectivity index (χ2v) is 4.00. The predicted octanol–water partition coefficient (Wildman–Crippen LogP) is 1.38. The molecular weight excluding hydrogens is 216 g/mol. The third-order valence-corrected chi connectivity index (χ3v) is 2.73. The number of rotatable bonds is 5. The van der Waals surface area contributed by atoms with Crippen LogP contribution in [0.3, 0.4) is 0 Å². The number of hydrogen-bond acceptors (Lipinski definition) is 2. The van der Waals surface area contributed by atoms with Crippen LogP contribution in [-0.4, -0.2) is 11.8 Å². The monoisotopic (exact) mass is 234 g/mol. The van der Waals surface area contributed by atoms with Crippen LogP contribution >= 0.6 is 0 Å². The molecule has 0 aliphatic heterocycles. The summed E-state index contributed by atoms with van der Waals surface area (Å²) in [6, 6.07) is 9.45. The molecule has 0 aliphatic rings. The SMILES string of the molecule is CC[C@H](C(N)=O)C(=O)N[C@@H](C)c1ccccc1. The van der Waals surface area contributed by atoms with Crippen LogP contribution in [0.1, 0.15) is 31.9 Å². The molecule has 0 radical (unpaired) electrons. The smallest absolute Gasteiger partial charge is 0.233 e. The molecule has 4 heteroatoms. The maximum Gasteiger partial charge on any atom is 0.233 e. The van der Waals surface area contributed by atoms with Crippen molar-refractivity contribution in [1.29, 1.82) is 0 Å². The molecule has 92 valence electrons. The average molecular weight is 234 g/mol. The normalized spacial score (nSPS) is 13.8. The Hall–Kier alpha value is -1.84.